The van der Waals surface area contributed by atoms with E-state index in [1.54, 1.807) is 43.5 Å². The predicted octanol–water partition coefficient (Wildman–Crippen LogP) is 5.98. The Morgan fingerprint density at radius 1 is 1.24 bits per heavy atom. The molecule has 0 saturated heterocycles. The summed E-state index contributed by atoms with van der Waals surface area (Å²) < 4.78 is 24.1. The van der Waals surface area contributed by atoms with E-state index in [2.05, 4.69) is 20.5 Å². The number of fused-ring (bicyclic) bond motifs is 1. The van der Waals surface area contributed by atoms with Crippen LogP contribution in [0.4, 0.5) is 15.9 Å². The predicted molar refractivity (Wildman–Crippen MR) is 127 cm³/mol. The number of ether oxygens (including phenoxy) is 2. The van der Waals surface area contributed by atoms with E-state index >= 15 is 0 Å². The number of anilines is 2. The molecule has 0 radical (unpaired) electrons. The van der Waals surface area contributed by atoms with Crippen molar-refractivity contribution in [1.82, 2.24) is 15.2 Å². The Bertz CT molecular complexity index is 1300. The van der Waals surface area contributed by atoms with Gasteiger partial charge in [0.05, 0.1) is 23.3 Å². The molecule has 0 unspecified atom stereocenters. The number of benzene rings is 2. The van der Waals surface area contributed by atoms with Crippen LogP contribution in [0.1, 0.15) is 28.5 Å². The Morgan fingerprint density at radius 3 is 2.79 bits per heavy atom. The molecule has 10 heteroatoms. The highest BCUT2D eigenvalue weighted by molar-refractivity contribution is 6.32. The normalized spacial score (nSPS) is 10.5. The van der Waals surface area contributed by atoms with Crippen LogP contribution in [-0.2, 0) is 11.3 Å². The fraction of sp³-hybridized carbons (Fsp3) is 0.174. The van der Waals surface area contributed by atoms with E-state index in [1.165, 1.54) is 12.1 Å². The van der Waals surface area contributed by atoms with E-state index in [1.807, 2.05) is 6.92 Å². The number of hydrogen-bond acceptors (Lipinski definition) is 6. The Morgan fingerprint density at radius 2 is 2.06 bits per heavy atom. The summed E-state index contributed by atoms with van der Waals surface area (Å²) in [7, 11) is 0. The molecule has 2 N–H and O–H groups in total. The van der Waals surface area contributed by atoms with Gasteiger partial charge in [-0.25, -0.2) is 9.18 Å². The third-order valence-corrected chi connectivity index (χ3v) is 5.11. The lowest BCUT2D eigenvalue weighted by Crippen LogP contribution is -2.06. The molecule has 7 nitrogen and oxygen atoms in total. The second-order valence-corrected chi connectivity index (χ2v) is 7.42. The highest BCUT2D eigenvalue weighted by atomic mass is 35.5. The zero-order valence-electron chi connectivity index (χ0n) is 17.8. The van der Waals surface area contributed by atoms with E-state index in [0.717, 1.165) is 5.39 Å². The van der Waals surface area contributed by atoms with Crippen molar-refractivity contribution in [2.75, 3.05) is 11.9 Å². The largest absolute Gasteiger partial charge is 0.487 e. The Balaban J connectivity index is 0.00000306. The van der Waals surface area contributed by atoms with Crippen molar-refractivity contribution in [3.05, 3.63) is 76.3 Å². The molecular formula is C23H21Cl2FN4O3. The molecule has 0 spiro atoms. The minimum absolute atomic E-state index is 0. The van der Waals surface area contributed by atoms with Gasteiger partial charge in [-0.15, -0.1) is 17.5 Å². The van der Waals surface area contributed by atoms with Crippen LogP contribution in [0, 0.1) is 12.7 Å². The number of carbonyl (C=O) groups excluding carboxylic acids is 1. The molecule has 0 atom stereocenters. The minimum atomic E-state index is -0.435. The summed E-state index contributed by atoms with van der Waals surface area (Å²) in [6.45, 7) is 4.03. The number of esters is 1. The summed E-state index contributed by atoms with van der Waals surface area (Å²) in [6, 6.07) is 11.4. The minimum Gasteiger partial charge on any atom is -0.487 e. The van der Waals surface area contributed by atoms with Crippen molar-refractivity contribution in [3.63, 3.8) is 0 Å². The smallest absolute Gasteiger partial charge is 0.355 e. The molecule has 0 amide bonds. The Labute approximate surface area is 200 Å². The van der Waals surface area contributed by atoms with Gasteiger partial charge in [-0.1, -0.05) is 23.7 Å². The van der Waals surface area contributed by atoms with Gasteiger partial charge < -0.3 is 19.8 Å². The SMILES string of the molecule is CCOC(=O)c1[nH]c2cnnc(Nc3ccc(OCc4cccc(F)c4)c(Cl)c3)c2c1C.Cl. The van der Waals surface area contributed by atoms with Gasteiger partial charge in [-0.05, 0) is 55.3 Å². The molecule has 33 heavy (non-hydrogen) atoms. The molecule has 2 aromatic heterocycles. The van der Waals surface area contributed by atoms with Gasteiger partial charge in [-0.3, -0.25) is 0 Å². The fourth-order valence-electron chi connectivity index (χ4n) is 3.33. The molecule has 0 aliphatic heterocycles. The van der Waals surface area contributed by atoms with Gasteiger partial charge in [-0.2, -0.15) is 5.10 Å². The van der Waals surface area contributed by atoms with Gasteiger partial charge >= 0.3 is 5.97 Å². The first-order valence-electron chi connectivity index (χ1n) is 9.91. The number of aryl methyl sites for hydroxylation is 1. The van der Waals surface area contributed by atoms with Crippen LogP contribution in [0.5, 0.6) is 5.75 Å². The maximum absolute atomic E-state index is 13.3. The summed E-state index contributed by atoms with van der Waals surface area (Å²) in [5.74, 6) is 0.178. The Kier molecular flexibility index (Phi) is 7.73. The van der Waals surface area contributed by atoms with Crippen molar-refractivity contribution in [1.29, 1.82) is 0 Å². The van der Waals surface area contributed by atoms with Crippen LogP contribution in [0.15, 0.2) is 48.7 Å². The van der Waals surface area contributed by atoms with Gasteiger partial charge in [0.2, 0.25) is 0 Å². The van der Waals surface area contributed by atoms with Crippen molar-refractivity contribution < 1.29 is 18.7 Å². The zero-order valence-corrected chi connectivity index (χ0v) is 19.4. The van der Waals surface area contributed by atoms with Crippen LogP contribution in [0.25, 0.3) is 10.9 Å². The maximum Gasteiger partial charge on any atom is 0.355 e. The number of carbonyl (C=O) groups is 1. The molecule has 172 valence electrons. The summed E-state index contributed by atoms with van der Waals surface area (Å²) in [6.07, 6.45) is 1.55. The molecule has 0 aliphatic rings. The molecule has 0 fully saturated rings. The quantitative estimate of drug-likeness (QED) is 0.309. The average Bonchev–Trinajstić information content (AvgIpc) is 3.11. The monoisotopic (exact) mass is 490 g/mol. The van der Waals surface area contributed by atoms with E-state index in [0.29, 0.717) is 44.6 Å². The molecular weight excluding hydrogens is 470 g/mol. The molecule has 0 bridgehead atoms. The first-order valence-corrected chi connectivity index (χ1v) is 10.3. The van der Waals surface area contributed by atoms with Crippen LogP contribution < -0.4 is 10.1 Å². The highest BCUT2D eigenvalue weighted by Gasteiger charge is 2.19. The van der Waals surface area contributed by atoms with Gasteiger partial charge in [0.25, 0.3) is 0 Å². The summed E-state index contributed by atoms with van der Waals surface area (Å²) in [5.41, 5.74) is 3.08. The summed E-state index contributed by atoms with van der Waals surface area (Å²) >= 11 is 6.38. The van der Waals surface area contributed by atoms with Crippen molar-refractivity contribution in [3.8, 4) is 5.75 Å². The average molecular weight is 491 g/mol. The number of nitrogens with zero attached hydrogens (tertiary/aromatic N) is 2. The Hall–Kier alpha value is -3.36. The molecule has 0 aliphatic carbocycles. The number of rotatable bonds is 7. The number of hydrogen-bond donors (Lipinski definition) is 2. The maximum atomic E-state index is 13.3. The number of aromatic amines is 1. The second kappa shape index (κ2) is 10.5. The fourth-order valence-corrected chi connectivity index (χ4v) is 3.56. The lowest BCUT2D eigenvalue weighted by Gasteiger charge is -2.11. The van der Waals surface area contributed by atoms with E-state index in [9.17, 15) is 9.18 Å². The first-order chi connectivity index (χ1) is 15.5. The van der Waals surface area contributed by atoms with E-state index in [-0.39, 0.29) is 31.4 Å². The third kappa shape index (κ3) is 5.35. The first kappa shape index (κ1) is 24.3. The molecule has 0 saturated carbocycles. The van der Waals surface area contributed by atoms with Crippen molar-refractivity contribution >= 4 is 52.4 Å². The van der Waals surface area contributed by atoms with Crippen molar-refractivity contribution in [2.45, 2.75) is 20.5 Å². The third-order valence-electron chi connectivity index (χ3n) is 4.82. The van der Waals surface area contributed by atoms with Crippen LogP contribution in [0.2, 0.25) is 5.02 Å². The highest BCUT2D eigenvalue weighted by Crippen LogP contribution is 2.32. The number of H-pyrrole nitrogens is 1. The van der Waals surface area contributed by atoms with Gasteiger partial charge in [0.15, 0.2) is 5.82 Å². The lowest BCUT2D eigenvalue weighted by atomic mass is 10.2. The molecule has 2 aromatic carbocycles. The van der Waals surface area contributed by atoms with Gasteiger partial charge in [0, 0.05) is 11.1 Å². The number of nitrogens with one attached hydrogen (secondary N) is 2. The summed E-state index contributed by atoms with van der Waals surface area (Å²) in [5, 5.41) is 12.5. The van der Waals surface area contributed by atoms with Crippen molar-refractivity contribution in [2.24, 2.45) is 0 Å². The second-order valence-electron chi connectivity index (χ2n) is 7.02. The molecule has 4 rings (SSSR count). The molecule has 2 heterocycles. The standard InChI is InChI=1S/C23H20ClFN4O3.ClH/c1-3-31-23(30)21-13(2)20-18(28-21)11-26-29-22(20)27-16-7-8-19(17(24)10-16)32-12-14-5-4-6-15(25)9-14;/h4-11,28H,3,12H2,1-2H3,(H,27,29);1H. The summed E-state index contributed by atoms with van der Waals surface area (Å²) in [4.78, 5) is 15.2. The topological polar surface area (TPSA) is 89.1 Å². The van der Waals surface area contributed by atoms with E-state index in [4.69, 9.17) is 21.1 Å². The van der Waals surface area contributed by atoms with Gasteiger partial charge in [0.1, 0.15) is 23.9 Å². The van der Waals surface area contributed by atoms with Crippen LogP contribution >= 0.6 is 24.0 Å². The lowest BCUT2D eigenvalue weighted by molar-refractivity contribution is 0.0519. The number of halogens is 3. The zero-order chi connectivity index (χ0) is 22.7. The van der Waals surface area contributed by atoms with Crippen LogP contribution in [-0.4, -0.2) is 27.8 Å². The molecule has 4 aromatic rings. The van der Waals surface area contributed by atoms with Crippen LogP contribution in [0.3, 0.4) is 0 Å². The van der Waals surface area contributed by atoms with E-state index < -0.39 is 5.97 Å². The number of aromatic nitrogens is 3.